The molecule has 0 aromatic heterocycles. The number of rotatable bonds is 39. The van der Waals surface area contributed by atoms with Crippen LogP contribution in [0, 0.1) is 0 Å². The standard InChI is InChI=1S/C44H83NO3/c1-5-7-9-11-13-15-17-19-21-23-25-27-29-31-33-35-40-47-43-44(37-38-45(3)39-42-46-4)48-41-36-34-32-30-28-26-24-22-20-18-16-14-12-10-8-6-2/h13-16,19-22,44H,5-12,17-18,23-43H2,1-4H3/b15-13-,16-14-,21-19-,22-20-. The van der Waals surface area contributed by atoms with Crippen molar-refractivity contribution in [2.75, 3.05) is 53.7 Å². The summed E-state index contributed by atoms with van der Waals surface area (Å²) in [6, 6.07) is 0. The van der Waals surface area contributed by atoms with Gasteiger partial charge in [0.1, 0.15) is 0 Å². The van der Waals surface area contributed by atoms with E-state index in [4.69, 9.17) is 14.2 Å². The Hall–Kier alpha value is -1.20. The van der Waals surface area contributed by atoms with Gasteiger partial charge in [-0.15, -0.1) is 0 Å². The van der Waals surface area contributed by atoms with Crippen molar-refractivity contribution in [2.45, 2.75) is 180 Å². The molecule has 0 aromatic rings. The number of hydrogen-bond acceptors (Lipinski definition) is 4. The second-order valence-corrected chi connectivity index (χ2v) is 13.8. The van der Waals surface area contributed by atoms with Crippen LogP contribution < -0.4 is 0 Å². The third-order valence-corrected chi connectivity index (χ3v) is 9.00. The number of likely N-dealkylation sites (N-methyl/N-ethyl adjacent to an activating group) is 1. The highest BCUT2D eigenvalue weighted by atomic mass is 16.5. The van der Waals surface area contributed by atoms with Crippen molar-refractivity contribution in [1.29, 1.82) is 0 Å². The van der Waals surface area contributed by atoms with Gasteiger partial charge in [-0.2, -0.15) is 0 Å². The van der Waals surface area contributed by atoms with Crippen molar-refractivity contribution >= 4 is 0 Å². The van der Waals surface area contributed by atoms with Gasteiger partial charge < -0.3 is 19.1 Å². The Morgan fingerprint density at radius 2 is 0.917 bits per heavy atom. The van der Waals surface area contributed by atoms with Gasteiger partial charge in [0.2, 0.25) is 0 Å². The lowest BCUT2D eigenvalue weighted by molar-refractivity contribution is -0.0259. The summed E-state index contributed by atoms with van der Waals surface area (Å²) in [5, 5.41) is 0. The van der Waals surface area contributed by atoms with Crippen LogP contribution in [0.3, 0.4) is 0 Å². The lowest BCUT2D eigenvalue weighted by Gasteiger charge is -2.22. The maximum Gasteiger partial charge on any atom is 0.0820 e. The predicted molar refractivity (Wildman–Crippen MR) is 213 cm³/mol. The van der Waals surface area contributed by atoms with E-state index in [1.807, 2.05) is 0 Å². The Morgan fingerprint density at radius 3 is 1.40 bits per heavy atom. The fourth-order valence-electron chi connectivity index (χ4n) is 5.69. The first-order valence-corrected chi connectivity index (χ1v) is 20.7. The van der Waals surface area contributed by atoms with Crippen molar-refractivity contribution < 1.29 is 14.2 Å². The molecule has 0 saturated heterocycles. The lowest BCUT2D eigenvalue weighted by Crippen LogP contribution is -2.30. The third kappa shape index (κ3) is 39.2. The molecule has 4 heteroatoms. The van der Waals surface area contributed by atoms with Gasteiger partial charge >= 0.3 is 0 Å². The van der Waals surface area contributed by atoms with Gasteiger partial charge in [0.25, 0.3) is 0 Å². The van der Waals surface area contributed by atoms with Crippen LogP contribution in [0.5, 0.6) is 0 Å². The van der Waals surface area contributed by atoms with Gasteiger partial charge in [-0.1, -0.05) is 140 Å². The fourth-order valence-corrected chi connectivity index (χ4v) is 5.69. The molecule has 48 heavy (non-hydrogen) atoms. The zero-order chi connectivity index (χ0) is 34.9. The molecule has 4 nitrogen and oxygen atoms in total. The number of unbranched alkanes of at least 4 members (excludes halogenated alkanes) is 18. The maximum absolute atomic E-state index is 6.34. The average molecular weight is 674 g/mol. The Bertz CT molecular complexity index is 716. The molecule has 0 radical (unpaired) electrons. The molecule has 1 atom stereocenters. The molecular weight excluding hydrogens is 590 g/mol. The summed E-state index contributed by atoms with van der Waals surface area (Å²) >= 11 is 0. The summed E-state index contributed by atoms with van der Waals surface area (Å²) in [7, 11) is 3.94. The monoisotopic (exact) mass is 674 g/mol. The Labute approximate surface area is 301 Å². The van der Waals surface area contributed by atoms with E-state index in [9.17, 15) is 0 Å². The van der Waals surface area contributed by atoms with Crippen molar-refractivity contribution in [3.8, 4) is 0 Å². The van der Waals surface area contributed by atoms with Gasteiger partial charge in [0, 0.05) is 33.4 Å². The number of allylic oxidation sites excluding steroid dienone is 8. The van der Waals surface area contributed by atoms with Crippen LogP contribution in [-0.2, 0) is 14.2 Å². The van der Waals surface area contributed by atoms with Crippen molar-refractivity contribution in [3.05, 3.63) is 48.6 Å². The molecule has 0 amide bonds. The molecule has 0 aliphatic carbocycles. The van der Waals surface area contributed by atoms with Gasteiger partial charge in [-0.25, -0.2) is 0 Å². The number of methoxy groups -OCH3 is 1. The molecule has 0 aliphatic heterocycles. The first kappa shape index (κ1) is 46.8. The highest BCUT2D eigenvalue weighted by Gasteiger charge is 2.11. The van der Waals surface area contributed by atoms with Gasteiger partial charge in [0.15, 0.2) is 0 Å². The van der Waals surface area contributed by atoms with Crippen LogP contribution >= 0.6 is 0 Å². The molecule has 0 bridgehead atoms. The molecule has 282 valence electrons. The number of hydrogen-bond donors (Lipinski definition) is 0. The molecule has 0 fully saturated rings. The van der Waals surface area contributed by atoms with E-state index in [2.05, 4.69) is 74.4 Å². The van der Waals surface area contributed by atoms with Crippen molar-refractivity contribution in [2.24, 2.45) is 0 Å². The topological polar surface area (TPSA) is 30.9 Å². The molecule has 0 spiro atoms. The SMILES string of the molecule is CCCCC/C=C\C/C=C\CCCCCCCCOCC(CCN(C)CCOC)OCCCCCCCC/C=C\C/C=C\CCCCC. The van der Waals surface area contributed by atoms with Crippen molar-refractivity contribution in [3.63, 3.8) is 0 Å². The maximum atomic E-state index is 6.34. The molecule has 0 rings (SSSR count). The number of nitrogens with zero attached hydrogens (tertiary/aromatic N) is 1. The summed E-state index contributed by atoms with van der Waals surface area (Å²) in [4.78, 5) is 2.34. The molecule has 0 N–H and O–H groups in total. The molecule has 0 saturated carbocycles. The van der Waals surface area contributed by atoms with E-state index in [0.29, 0.717) is 0 Å². The lowest BCUT2D eigenvalue weighted by atomic mass is 10.1. The minimum atomic E-state index is 0.192. The second kappa shape index (κ2) is 42.0. The first-order valence-electron chi connectivity index (χ1n) is 20.7. The van der Waals surface area contributed by atoms with Crippen LogP contribution in [0.2, 0.25) is 0 Å². The van der Waals surface area contributed by atoms with Crippen LogP contribution in [0.15, 0.2) is 48.6 Å². The van der Waals surface area contributed by atoms with E-state index in [0.717, 1.165) is 71.6 Å². The second-order valence-electron chi connectivity index (χ2n) is 13.8. The van der Waals surface area contributed by atoms with E-state index in [1.165, 1.54) is 128 Å². The summed E-state index contributed by atoms with van der Waals surface area (Å²) in [6.07, 6.45) is 50.6. The normalized spacial score (nSPS) is 13.1. The smallest absolute Gasteiger partial charge is 0.0820 e. The third-order valence-electron chi connectivity index (χ3n) is 9.00. The molecule has 1 unspecified atom stereocenters. The first-order chi connectivity index (χ1) is 23.7. The average Bonchev–Trinajstić information content (AvgIpc) is 3.10. The van der Waals surface area contributed by atoms with E-state index in [1.54, 1.807) is 7.11 Å². The quantitative estimate of drug-likeness (QED) is 0.0480. The molecular formula is C44H83NO3. The summed E-state index contributed by atoms with van der Waals surface area (Å²) in [5.41, 5.74) is 0. The Kier molecular flexibility index (Phi) is 40.9. The van der Waals surface area contributed by atoms with Crippen molar-refractivity contribution in [1.82, 2.24) is 4.90 Å². The molecule has 0 aromatic carbocycles. The van der Waals surface area contributed by atoms with Crippen LogP contribution in [0.4, 0.5) is 0 Å². The van der Waals surface area contributed by atoms with Crippen LogP contribution in [0.1, 0.15) is 174 Å². The fraction of sp³-hybridized carbons (Fsp3) is 0.818. The number of ether oxygens (including phenoxy) is 3. The summed E-state index contributed by atoms with van der Waals surface area (Å²) in [6.45, 7) is 9.73. The van der Waals surface area contributed by atoms with Gasteiger partial charge in [-0.3, -0.25) is 0 Å². The van der Waals surface area contributed by atoms with E-state index in [-0.39, 0.29) is 6.10 Å². The summed E-state index contributed by atoms with van der Waals surface area (Å²) < 4.78 is 17.7. The van der Waals surface area contributed by atoms with E-state index < -0.39 is 0 Å². The van der Waals surface area contributed by atoms with Crippen LogP contribution in [-0.4, -0.2) is 64.7 Å². The molecule has 0 aliphatic rings. The minimum Gasteiger partial charge on any atom is -0.383 e. The van der Waals surface area contributed by atoms with Gasteiger partial charge in [0.05, 0.1) is 19.3 Å². The highest BCUT2D eigenvalue weighted by Crippen LogP contribution is 2.11. The van der Waals surface area contributed by atoms with Gasteiger partial charge in [-0.05, 0) is 90.5 Å². The zero-order valence-corrected chi connectivity index (χ0v) is 32.8. The predicted octanol–water partition coefficient (Wildman–Crippen LogP) is 13.0. The molecule has 0 heterocycles. The zero-order valence-electron chi connectivity index (χ0n) is 32.8. The highest BCUT2D eigenvalue weighted by molar-refractivity contribution is 4.93. The largest absolute Gasteiger partial charge is 0.383 e. The summed E-state index contributed by atoms with van der Waals surface area (Å²) in [5.74, 6) is 0. The minimum absolute atomic E-state index is 0.192. The van der Waals surface area contributed by atoms with E-state index >= 15 is 0 Å². The Morgan fingerprint density at radius 1 is 0.479 bits per heavy atom. The van der Waals surface area contributed by atoms with Crippen LogP contribution in [0.25, 0.3) is 0 Å². The Balaban J connectivity index is 3.88.